The summed E-state index contributed by atoms with van der Waals surface area (Å²) in [6.07, 6.45) is 3.66. The number of aromatic amines is 1. The van der Waals surface area contributed by atoms with Crippen molar-refractivity contribution in [3.63, 3.8) is 0 Å². The van der Waals surface area contributed by atoms with Gasteiger partial charge in [0.05, 0.1) is 21.9 Å². The first-order valence-corrected chi connectivity index (χ1v) is 9.84. The summed E-state index contributed by atoms with van der Waals surface area (Å²) in [5.41, 5.74) is 2.87. The van der Waals surface area contributed by atoms with Gasteiger partial charge in [-0.1, -0.05) is 36.2 Å². The van der Waals surface area contributed by atoms with Gasteiger partial charge in [0.15, 0.2) is 0 Å². The number of rotatable bonds is 4. The average molecular weight is 402 g/mol. The highest BCUT2D eigenvalue weighted by molar-refractivity contribution is 6.42. The predicted octanol–water partition coefficient (Wildman–Crippen LogP) is 4.59. The number of nitrogens with zero attached hydrogens (tertiary/aromatic N) is 4. The van der Waals surface area contributed by atoms with E-state index in [4.69, 9.17) is 23.2 Å². The van der Waals surface area contributed by atoms with Crippen LogP contribution in [0.5, 0.6) is 0 Å². The van der Waals surface area contributed by atoms with Crippen molar-refractivity contribution < 1.29 is 0 Å². The number of imidazole rings is 1. The van der Waals surface area contributed by atoms with Crippen molar-refractivity contribution in [3.05, 3.63) is 52.8 Å². The third kappa shape index (κ3) is 3.95. The molecule has 1 aromatic carbocycles. The number of piperazine rings is 1. The summed E-state index contributed by atoms with van der Waals surface area (Å²) >= 11 is 12.1. The molecular formula is C20H21Cl2N5. The third-order valence-electron chi connectivity index (χ3n) is 4.97. The molecule has 2 aromatic heterocycles. The molecule has 0 spiro atoms. The van der Waals surface area contributed by atoms with E-state index in [0.717, 1.165) is 61.2 Å². The van der Waals surface area contributed by atoms with E-state index in [1.165, 1.54) is 0 Å². The lowest BCUT2D eigenvalue weighted by molar-refractivity contribution is 0.270. The number of likely N-dealkylation sites (N-methyl/N-ethyl adjacent to an activating group) is 1. The van der Waals surface area contributed by atoms with Crippen LogP contribution in [-0.4, -0.2) is 52.6 Å². The Labute approximate surface area is 169 Å². The number of hydrogen-bond acceptors (Lipinski definition) is 4. The second kappa shape index (κ2) is 7.89. The van der Waals surface area contributed by atoms with Gasteiger partial charge < -0.3 is 14.8 Å². The van der Waals surface area contributed by atoms with E-state index in [0.29, 0.717) is 10.0 Å². The van der Waals surface area contributed by atoms with Crippen LogP contribution in [0.2, 0.25) is 10.0 Å². The van der Waals surface area contributed by atoms with Gasteiger partial charge in [-0.25, -0.2) is 9.97 Å². The summed E-state index contributed by atoms with van der Waals surface area (Å²) in [7, 11) is 0. The van der Waals surface area contributed by atoms with E-state index in [9.17, 15) is 0 Å². The molecule has 1 saturated heterocycles. The van der Waals surface area contributed by atoms with E-state index >= 15 is 0 Å². The lowest BCUT2D eigenvalue weighted by Crippen LogP contribution is -2.46. The van der Waals surface area contributed by atoms with Gasteiger partial charge in [0.25, 0.3) is 0 Å². The van der Waals surface area contributed by atoms with Crippen LogP contribution in [0, 0.1) is 0 Å². The van der Waals surface area contributed by atoms with Gasteiger partial charge in [-0.15, -0.1) is 0 Å². The summed E-state index contributed by atoms with van der Waals surface area (Å²) in [6.45, 7) is 7.45. The number of anilines is 1. The monoisotopic (exact) mass is 401 g/mol. The van der Waals surface area contributed by atoms with Crippen molar-refractivity contribution in [2.75, 3.05) is 37.6 Å². The zero-order chi connectivity index (χ0) is 18.8. The topological polar surface area (TPSA) is 48.0 Å². The second-order valence-corrected chi connectivity index (χ2v) is 7.41. The maximum Gasteiger partial charge on any atom is 0.137 e. The molecule has 0 aliphatic carbocycles. The molecule has 140 valence electrons. The van der Waals surface area contributed by atoms with Crippen molar-refractivity contribution in [3.8, 4) is 22.6 Å². The molecule has 7 heteroatoms. The number of halogens is 2. The minimum Gasteiger partial charge on any atom is -0.354 e. The van der Waals surface area contributed by atoms with Crippen LogP contribution >= 0.6 is 23.2 Å². The van der Waals surface area contributed by atoms with Gasteiger partial charge in [0.1, 0.15) is 11.6 Å². The fourth-order valence-corrected chi connectivity index (χ4v) is 3.61. The van der Waals surface area contributed by atoms with Crippen molar-refractivity contribution in [2.24, 2.45) is 0 Å². The molecule has 0 saturated carbocycles. The molecule has 1 aliphatic heterocycles. The van der Waals surface area contributed by atoms with Crippen molar-refractivity contribution in [1.29, 1.82) is 0 Å². The Balaban J connectivity index is 1.56. The van der Waals surface area contributed by atoms with Crippen LogP contribution < -0.4 is 4.90 Å². The Morgan fingerprint density at radius 3 is 2.52 bits per heavy atom. The molecular weight excluding hydrogens is 381 g/mol. The van der Waals surface area contributed by atoms with Gasteiger partial charge >= 0.3 is 0 Å². The van der Waals surface area contributed by atoms with E-state index in [1.807, 2.05) is 30.6 Å². The van der Waals surface area contributed by atoms with Gasteiger partial charge in [0, 0.05) is 43.5 Å². The Morgan fingerprint density at radius 1 is 0.963 bits per heavy atom. The number of H-pyrrole nitrogens is 1. The zero-order valence-corrected chi connectivity index (χ0v) is 16.6. The van der Waals surface area contributed by atoms with Gasteiger partial charge in [-0.2, -0.15) is 0 Å². The van der Waals surface area contributed by atoms with Crippen molar-refractivity contribution in [2.45, 2.75) is 6.92 Å². The lowest BCUT2D eigenvalue weighted by Gasteiger charge is -2.34. The Hall–Kier alpha value is -2.08. The smallest absolute Gasteiger partial charge is 0.137 e. The maximum absolute atomic E-state index is 6.13. The standard InChI is InChI=1S/C20H21Cl2N5/c1-2-26-7-9-27(10-8-26)19-12-15(5-6-23-19)20-24-13-18(25-20)14-3-4-16(21)17(22)11-14/h3-6,11-13H,2,7-10H2,1H3,(H,24,25). The molecule has 0 atom stereocenters. The molecule has 5 nitrogen and oxygen atoms in total. The highest BCUT2D eigenvalue weighted by Crippen LogP contribution is 2.29. The van der Waals surface area contributed by atoms with E-state index in [-0.39, 0.29) is 0 Å². The van der Waals surface area contributed by atoms with Crippen molar-refractivity contribution in [1.82, 2.24) is 19.9 Å². The summed E-state index contributed by atoms with van der Waals surface area (Å²) in [5.74, 6) is 1.81. The van der Waals surface area contributed by atoms with Crippen LogP contribution in [0.4, 0.5) is 5.82 Å². The van der Waals surface area contributed by atoms with E-state index in [1.54, 1.807) is 6.07 Å². The largest absolute Gasteiger partial charge is 0.354 e. The van der Waals surface area contributed by atoms with Crippen LogP contribution in [-0.2, 0) is 0 Å². The number of aromatic nitrogens is 3. The number of pyridine rings is 1. The van der Waals surface area contributed by atoms with E-state index < -0.39 is 0 Å². The number of hydrogen-bond donors (Lipinski definition) is 1. The van der Waals surface area contributed by atoms with Crippen LogP contribution in [0.25, 0.3) is 22.6 Å². The Kier molecular flexibility index (Phi) is 5.34. The van der Waals surface area contributed by atoms with Gasteiger partial charge in [0.2, 0.25) is 0 Å². The number of nitrogens with one attached hydrogen (secondary N) is 1. The molecule has 0 radical (unpaired) electrons. The molecule has 1 N–H and O–H groups in total. The quantitative estimate of drug-likeness (QED) is 0.694. The van der Waals surface area contributed by atoms with Crippen LogP contribution in [0.15, 0.2) is 42.7 Å². The van der Waals surface area contributed by atoms with Gasteiger partial charge in [-0.05, 0) is 30.8 Å². The summed E-state index contributed by atoms with van der Waals surface area (Å²) in [4.78, 5) is 17.3. The molecule has 4 rings (SSSR count). The highest BCUT2D eigenvalue weighted by Gasteiger charge is 2.17. The molecule has 1 fully saturated rings. The fraction of sp³-hybridized carbons (Fsp3) is 0.300. The molecule has 0 amide bonds. The first-order valence-electron chi connectivity index (χ1n) is 9.08. The Bertz CT molecular complexity index is 932. The fourth-order valence-electron chi connectivity index (χ4n) is 3.31. The predicted molar refractivity (Wildman–Crippen MR) is 112 cm³/mol. The minimum absolute atomic E-state index is 0.530. The van der Waals surface area contributed by atoms with E-state index in [2.05, 4.69) is 37.7 Å². The van der Waals surface area contributed by atoms with Gasteiger partial charge in [-0.3, -0.25) is 0 Å². The molecule has 3 aromatic rings. The first kappa shape index (κ1) is 18.3. The Morgan fingerprint density at radius 2 is 1.78 bits per heavy atom. The highest BCUT2D eigenvalue weighted by atomic mass is 35.5. The molecule has 0 unspecified atom stereocenters. The van der Waals surface area contributed by atoms with Crippen LogP contribution in [0.3, 0.4) is 0 Å². The summed E-state index contributed by atoms with van der Waals surface area (Å²) in [6, 6.07) is 9.63. The molecule has 3 heterocycles. The number of benzene rings is 1. The second-order valence-electron chi connectivity index (χ2n) is 6.60. The first-order chi connectivity index (χ1) is 13.1. The van der Waals surface area contributed by atoms with Crippen LogP contribution in [0.1, 0.15) is 6.92 Å². The normalized spacial score (nSPS) is 15.3. The van der Waals surface area contributed by atoms with Crippen molar-refractivity contribution >= 4 is 29.0 Å². The zero-order valence-electron chi connectivity index (χ0n) is 15.1. The molecule has 0 bridgehead atoms. The molecule has 27 heavy (non-hydrogen) atoms. The average Bonchev–Trinajstić information content (AvgIpc) is 3.20. The summed E-state index contributed by atoms with van der Waals surface area (Å²) in [5, 5.41) is 1.07. The lowest BCUT2D eigenvalue weighted by atomic mass is 10.2. The summed E-state index contributed by atoms with van der Waals surface area (Å²) < 4.78 is 0. The SMILES string of the molecule is CCN1CCN(c2cc(-c3ncc(-c4ccc(Cl)c(Cl)c4)[nH]3)ccn2)CC1. The molecule has 1 aliphatic rings. The maximum atomic E-state index is 6.13. The third-order valence-corrected chi connectivity index (χ3v) is 5.71. The minimum atomic E-state index is 0.530.